The van der Waals surface area contributed by atoms with Gasteiger partial charge in [-0.05, 0) is 199 Å². The third-order valence-corrected chi connectivity index (χ3v) is 17.2. The lowest BCUT2D eigenvalue weighted by molar-refractivity contribution is 0.332. The van der Waals surface area contributed by atoms with Crippen molar-refractivity contribution in [1.82, 2.24) is 0 Å². The van der Waals surface area contributed by atoms with Crippen molar-refractivity contribution in [1.29, 1.82) is 0 Å². The molecule has 63 heavy (non-hydrogen) atoms. The van der Waals surface area contributed by atoms with E-state index in [0.717, 1.165) is 60.5 Å². The lowest BCUT2D eigenvalue weighted by Crippen LogP contribution is -2.62. The molecule has 10 rings (SSSR count). The Morgan fingerprint density at radius 3 is 1.32 bits per heavy atom. The smallest absolute Gasteiger partial charge is 0.252 e. The van der Waals surface area contributed by atoms with Crippen molar-refractivity contribution < 1.29 is 4.11 Å². The molecule has 0 aromatic heterocycles. The molecule has 0 radical (unpaired) electrons. The summed E-state index contributed by atoms with van der Waals surface area (Å²) in [7, 11) is 0. The summed E-state index contributed by atoms with van der Waals surface area (Å²) in [5, 5.41) is 0. The van der Waals surface area contributed by atoms with Crippen molar-refractivity contribution in [3.05, 3.63) is 122 Å². The highest BCUT2D eigenvalue weighted by Gasteiger charge is 2.49. The molecule has 2 nitrogen and oxygen atoms in total. The molecule has 3 heteroatoms. The molecule has 0 fully saturated rings. The molecule has 0 amide bonds. The van der Waals surface area contributed by atoms with Gasteiger partial charge in [-0.1, -0.05) is 134 Å². The first-order valence-corrected chi connectivity index (χ1v) is 24.2. The van der Waals surface area contributed by atoms with Gasteiger partial charge in [0.25, 0.3) is 6.71 Å². The van der Waals surface area contributed by atoms with Gasteiger partial charge in [-0.15, -0.1) is 0 Å². The van der Waals surface area contributed by atoms with E-state index in [2.05, 4.69) is 194 Å². The van der Waals surface area contributed by atoms with Gasteiger partial charge in [-0.25, -0.2) is 0 Å². The Morgan fingerprint density at radius 2 is 0.857 bits per heavy atom. The van der Waals surface area contributed by atoms with Gasteiger partial charge >= 0.3 is 0 Å². The minimum atomic E-state index is -2.34. The van der Waals surface area contributed by atoms with E-state index >= 15 is 0 Å². The van der Waals surface area contributed by atoms with Gasteiger partial charge in [-0.2, -0.15) is 0 Å². The molecule has 0 saturated carbocycles. The molecule has 0 bridgehead atoms. The quantitative estimate of drug-likeness (QED) is 0.160. The van der Waals surface area contributed by atoms with E-state index in [1.165, 1.54) is 72.1 Å². The summed E-state index contributed by atoms with van der Waals surface area (Å²) in [5.74, 6) is 0. The van der Waals surface area contributed by atoms with Gasteiger partial charge in [0, 0.05) is 38.2 Å². The van der Waals surface area contributed by atoms with Crippen LogP contribution in [-0.2, 0) is 37.9 Å². The summed E-state index contributed by atoms with van der Waals surface area (Å²) in [6, 6.07) is 26.4. The molecule has 2 aliphatic heterocycles. The summed E-state index contributed by atoms with van der Waals surface area (Å²) in [6.07, 6.45) is 5.58. The largest absolute Gasteiger partial charge is 0.311 e. The second kappa shape index (κ2) is 13.0. The fraction of sp³-hybridized carbons (Fsp3) is 0.500. The first kappa shape index (κ1) is 39.2. The van der Waals surface area contributed by atoms with Crippen molar-refractivity contribution in [2.75, 3.05) is 9.80 Å². The summed E-state index contributed by atoms with van der Waals surface area (Å²) in [4.78, 5) is 5.02. The van der Waals surface area contributed by atoms with Crippen LogP contribution >= 0.6 is 0 Å². The monoisotopic (exact) mass is 838 g/mol. The second-order valence-electron chi connectivity index (χ2n) is 25.9. The third kappa shape index (κ3) is 6.16. The molecule has 5 aromatic rings. The molecule has 2 heterocycles. The van der Waals surface area contributed by atoms with Gasteiger partial charge in [-0.3, -0.25) is 0 Å². The van der Waals surface area contributed by atoms with E-state index in [1.807, 2.05) is 0 Å². The van der Waals surface area contributed by atoms with Crippen LogP contribution in [0.2, 0.25) is 0 Å². The van der Waals surface area contributed by atoms with Crippen LogP contribution in [0.25, 0.3) is 0 Å². The maximum atomic E-state index is 9.19. The molecule has 5 aliphatic rings. The highest BCUT2D eigenvalue weighted by molar-refractivity contribution is 7.00. The van der Waals surface area contributed by atoms with Gasteiger partial charge in [0.05, 0.1) is 0 Å². The molecular formula is C60H75BN2. The number of fused-ring (bicyclic) bond motifs is 7. The van der Waals surface area contributed by atoms with Crippen molar-refractivity contribution in [2.45, 2.75) is 195 Å². The lowest BCUT2D eigenvalue weighted by atomic mass is 9.33. The zero-order valence-corrected chi connectivity index (χ0v) is 41.9. The van der Waals surface area contributed by atoms with E-state index in [-0.39, 0.29) is 44.6 Å². The zero-order valence-electron chi connectivity index (χ0n) is 44.9. The fourth-order valence-corrected chi connectivity index (χ4v) is 13.3. The van der Waals surface area contributed by atoms with Crippen molar-refractivity contribution >= 4 is 57.2 Å². The topological polar surface area (TPSA) is 6.48 Å². The predicted octanol–water partition coefficient (Wildman–Crippen LogP) is 14.6. The van der Waals surface area contributed by atoms with Crippen LogP contribution in [0.3, 0.4) is 0 Å². The number of aryl methyl sites for hydroxylation is 3. The highest BCUT2D eigenvalue weighted by atomic mass is 15.2. The zero-order chi connectivity index (χ0) is 48.0. The first-order chi connectivity index (χ1) is 30.3. The normalized spacial score (nSPS) is 22.1. The average Bonchev–Trinajstić information content (AvgIpc) is 3.38. The van der Waals surface area contributed by atoms with Crippen molar-refractivity contribution in [2.24, 2.45) is 0 Å². The van der Waals surface area contributed by atoms with Gasteiger partial charge in [0.2, 0.25) is 0 Å². The van der Waals surface area contributed by atoms with Crippen LogP contribution in [0.1, 0.15) is 196 Å². The molecule has 328 valence electrons. The lowest BCUT2D eigenvalue weighted by Gasteiger charge is -2.48. The molecule has 0 unspecified atom stereocenters. The Labute approximate surface area is 386 Å². The number of rotatable bonds is 2. The Balaban J connectivity index is 1.38. The Kier molecular flexibility index (Phi) is 8.07. The Bertz CT molecular complexity index is 2920. The van der Waals surface area contributed by atoms with Crippen molar-refractivity contribution in [3.8, 4) is 0 Å². The maximum Gasteiger partial charge on any atom is 0.252 e. The molecular weight excluding hydrogens is 759 g/mol. The van der Waals surface area contributed by atoms with E-state index in [1.54, 1.807) is 0 Å². The maximum absolute atomic E-state index is 9.19. The number of hydrogen-bond donors (Lipinski definition) is 0. The predicted molar refractivity (Wildman–Crippen MR) is 275 cm³/mol. The van der Waals surface area contributed by atoms with Crippen LogP contribution in [0.5, 0.6) is 0 Å². The minimum Gasteiger partial charge on any atom is -0.311 e. The van der Waals surface area contributed by atoms with Crippen molar-refractivity contribution in [3.63, 3.8) is 0 Å². The van der Waals surface area contributed by atoms with Crippen LogP contribution in [0.15, 0.2) is 66.7 Å². The standard InChI is InChI=1S/C60H75BN2/c1-35-25-51-53-52(26-35)63(48-32-44-40(28-37(48)3)59(15,16)34-60(44,17)18)50-33-43-41(56(9,10)22-24-58(43,13)14)30-46(50)61(53)45-20-19-38(54(4,5)6)29-49(45)62(51)47-31-42-39(27-36(47)2)55(7,8)21-23-57(42,11)12/h19-20,25-33H,21-24,34H2,1-18H3/i1D3. The summed E-state index contributed by atoms with van der Waals surface area (Å²) in [6.45, 7) is 38.0. The van der Waals surface area contributed by atoms with Gasteiger partial charge in [0.15, 0.2) is 0 Å². The Morgan fingerprint density at radius 1 is 0.460 bits per heavy atom. The van der Waals surface area contributed by atoms with E-state index in [0.29, 0.717) is 5.56 Å². The van der Waals surface area contributed by atoms with E-state index in [9.17, 15) is 4.11 Å². The minimum absolute atomic E-state index is 0.00151. The molecule has 5 aromatic carbocycles. The molecule has 3 aliphatic carbocycles. The summed E-state index contributed by atoms with van der Waals surface area (Å²) in [5.41, 5.74) is 22.9. The molecule has 0 spiro atoms. The molecule has 0 saturated heterocycles. The van der Waals surface area contributed by atoms with Gasteiger partial charge in [0.1, 0.15) is 0 Å². The first-order valence-electron chi connectivity index (χ1n) is 25.7. The number of benzene rings is 5. The number of nitrogens with zero attached hydrogens (tertiary/aromatic N) is 2. The SMILES string of the molecule is [2H]C([2H])([2H])c1cc2c3c(c1)N(c1cc4c(cc1C)C(C)(C)CC4(C)C)c1cc4c(cc1B3c1ccc(C(C)(C)C)cc1N2c1cc2c(cc1C)C(C)(C)CCC2(C)C)C(C)(C)CCC4(C)C. The molecule has 0 atom stereocenters. The van der Waals surface area contributed by atoms with E-state index < -0.39 is 6.85 Å². The number of hydrogen-bond acceptors (Lipinski definition) is 2. The van der Waals surface area contributed by atoms with Crippen LogP contribution in [0.4, 0.5) is 34.1 Å². The van der Waals surface area contributed by atoms with Gasteiger partial charge < -0.3 is 9.80 Å². The van der Waals surface area contributed by atoms with Crippen LogP contribution < -0.4 is 26.2 Å². The summed E-state index contributed by atoms with van der Waals surface area (Å²) < 4.78 is 27.6. The summed E-state index contributed by atoms with van der Waals surface area (Å²) >= 11 is 0. The average molecular weight is 838 g/mol. The number of anilines is 6. The Hall–Kier alpha value is -4.24. The molecule has 0 N–H and O–H groups in total. The highest BCUT2D eigenvalue weighted by Crippen LogP contribution is 2.56. The third-order valence-electron chi connectivity index (χ3n) is 17.2. The van der Waals surface area contributed by atoms with E-state index in [4.69, 9.17) is 0 Å². The fourth-order valence-electron chi connectivity index (χ4n) is 13.3. The van der Waals surface area contributed by atoms with Crippen LogP contribution in [-0.4, -0.2) is 6.71 Å². The van der Waals surface area contributed by atoms with Crippen LogP contribution in [0, 0.1) is 20.7 Å². The second-order valence-corrected chi connectivity index (χ2v) is 25.9.